The molecule has 0 saturated carbocycles. The summed E-state index contributed by atoms with van der Waals surface area (Å²) in [6.07, 6.45) is 1.90. The number of likely N-dealkylation sites (tertiary alicyclic amines) is 1. The average Bonchev–Trinajstić information content (AvgIpc) is 3.28. The lowest BCUT2D eigenvalue weighted by Crippen LogP contribution is -2.31. The molecule has 2 aromatic heterocycles. The van der Waals surface area contributed by atoms with E-state index in [1.54, 1.807) is 11.6 Å². The number of nitrogens with zero attached hydrogens (tertiary/aromatic N) is 5. The number of amides is 1. The Morgan fingerprint density at radius 3 is 2.69 bits per heavy atom. The molecule has 1 amide bonds. The molecule has 7 heteroatoms. The first-order chi connectivity index (χ1) is 12.6. The van der Waals surface area contributed by atoms with Gasteiger partial charge in [0.2, 0.25) is 5.82 Å². The molecule has 134 valence electrons. The van der Waals surface area contributed by atoms with Gasteiger partial charge in [-0.05, 0) is 50.5 Å². The third kappa shape index (κ3) is 2.79. The number of hydrogen-bond acceptors (Lipinski definition) is 5. The first-order valence-corrected chi connectivity index (χ1v) is 8.73. The molecular weight excluding hydrogens is 330 g/mol. The zero-order valence-electron chi connectivity index (χ0n) is 15.1. The molecular formula is C19H21N5O2. The molecule has 0 spiro atoms. The van der Waals surface area contributed by atoms with E-state index in [1.807, 2.05) is 49.1 Å². The lowest BCUT2D eigenvalue weighted by molar-refractivity contribution is 0.0723. The van der Waals surface area contributed by atoms with Crippen LogP contribution in [0, 0.1) is 13.8 Å². The fourth-order valence-electron chi connectivity index (χ4n) is 3.57. The number of fused-ring (bicyclic) bond motifs is 1. The Kier molecular flexibility index (Phi) is 4.06. The summed E-state index contributed by atoms with van der Waals surface area (Å²) in [7, 11) is 1.65. The highest BCUT2D eigenvalue weighted by Gasteiger charge is 2.32. The SMILES string of the molecule is COc1ccc(C2CCCN2C(=O)c2nc3nc(C)cc(C)n3n2)cc1. The number of aryl methyl sites for hydroxylation is 2. The van der Waals surface area contributed by atoms with Gasteiger partial charge >= 0.3 is 0 Å². The zero-order chi connectivity index (χ0) is 18.3. The van der Waals surface area contributed by atoms with E-state index in [4.69, 9.17) is 4.74 Å². The number of carbonyl (C=O) groups is 1. The molecule has 4 rings (SSSR count). The number of methoxy groups -OCH3 is 1. The van der Waals surface area contributed by atoms with Gasteiger partial charge in [-0.1, -0.05) is 12.1 Å². The second-order valence-corrected chi connectivity index (χ2v) is 6.62. The molecule has 7 nitrogen and oxygen atoms in total. The van der Waals surface area contributed by atoms with Gasteiger partial charge in [0.05, 0.1) is 13.2 Å². The quantitative estimate of drug-likeness (QED) is 0.725. The van der Waals surface area contributed by atoms with Gasteiger partial charge in [-0.15, -0.1) is 5.10 Å². The lowest BCUT2D eigenvalue weighted by atomic mass is 10.0. The largest absolute Gasteiger partial charge is 0.497 e. The van der Waals surface area contributed by atoms with Crippen LogP contribution >= 0.6 is 0 Å². The fourth-order valence-corrected chi connectivity index (χ4v) is 3.57. The number of rotatable bonds is 3. The van der Waals surface area contributed by atoms with E-state index in [0.717, 1.165) is 35.5 Å². The molecule has 1 atom stereocenters. The monoisotopic (exact) mass is 351 g/mol. The predicted octanol–water partition coefficient (Wildman–Crippen LogP) is 2.73. The van der Waals surface area contributed by atoms with Gasteiger partial charge in [-0.25, -0.2) is 9.50 Å². The summed E-state index contributed by atoms with van der Waals surface area (Å²) in [4.78, 5) is 23.6. The Bertz CT molecular complexity index is 964. The van der Waals surface area contributed by atoms with Gasteiger partial charge in [0.1, 0.15) is 5.75 Å². The normalized spacial score (nSPS) is 17.0. The third-order valence-electron chi connectivity index (χ3n) is 4.82. The average molecular weight is 351 g/mol. The topological polar surface area (TPSA) is 72.6 Å². The Morgan fingerprint density at radius 2 is 1.96 bits per heavy atom. The van der Waals surface area contributed by atoms with Crippen LogP contribution in [-0.2, 0) is 0 Å². The number of hydrogen-bond donors (Lipinski definition) is 0. The van der Waals surface area contributed by atoms with Gasteiger partial charge in [-0.2, -0.15) is 4.98 Å². The van der Waals surface area contributed by atoms with Gasteiger partial charge in [-0.3, -0.25) is 4.79 Å². The Morgan fingerprint density at radius 1 is 1.19 bits per heavy atom. The third-order valence-corrected chi connectivity index (χ3v) is 4.82. The maximum absolute atomic E-state index is 13.1. The van der Waals surface area contributed by atoms with Crippen LogP contribution in [0.4, 0.5) is 0 Å². The molecule has 3 aromatic rings. The maximum atomic E-state index is 13.1. The van der Waals surface area contributed by atoms with Crippen molar-refractivity contribution in [3.63, 3.8) is 0 Å². The summed E-state index contributed by atoms with van der Waals surface area (Å²) in [6, 6.07) is 9.84. The lowest BCUT2D eigenvalue weighted by Gasteiger charge is -2.24. The second-order valence-electron chi connectivity index (χ2n) is 6.62. The second kappa shape index (κ2) is 6.40. The minimum atomic E-state index is -0.147. The minimum absolute atomic E-state index is 0.0378. The van der Waals surface area contributed by atoms with Crippen molar-refractivity contribution in [2.45, 2.75) is 32.7 Å². The van der Waals surface area contributed by atoms with Crippen molar-refractivity contribution in [1.29, 1.82) is 0 Å². The highest BCUT2D eigenvalue weighted by Crippen LogP contribution is 2.33. The van der Waals surface area contributed by atoms with Crippen molar-refractivity contribution in [2.24, 2.45) is 0 Å². The molecule has 0 radical (unpaired) electrons. The molecule has 0 bridgehead atoms. The molecule has 0 aliphatic carbocycles. The van der Waals surface area contributed by atoms with Crippen molar-refractivity contribution in [1.82, 2.24) is 24.5 Å². The van der Waals surface area contributed by atoms with Gasteiger partial charge in [0.15, 0.2) is 0 Å². The number of ether oxygens (including phenoxy) is 1. The van der Waals surface area contributed by atoms with Crippen LogP contribution in [0.25, 0.3) is 5.78 Å². The van der Waals surface area contributed by atoms with Gasteiger partial charge in [0, 0.05) is 17.9 Å². The first-order valence-electron chi connectivity index (χ1n) is 8.73. The van der Waals surface area contributed by atoms with Crippen molar-refractivity contribution in [2.75, 3.05) is 13.7 Å². The predicted molar refractivity (Wildman–Crippen MR) is 96.3 cm³/mol. The minimum Gasteiger partial charge on any atom is -0.497 e. The van der Waals surface area contributed by atoms with E-state index < -0.39 is 0 Å². The number of aromatic nitrogens is 4. The van der Waals surface area contributed by atoms with Crippen molar-refractivity contribution >= 4 is 11.7 Å². The van der Waals surface area contributed by atoms with Crippen molar-refractivity contribution < 1.29 is 9.53 Å². The van der Waals surface area contributed by atoms with Crippen LogP contribution in [0.1, 0.15) is 46.5 Å². The number of benzene rings is 1. The van der Waals surface area contributed by atoms with Crippen molar-refractivity contribution in [3.8, 4) is 5.75 Å². The van der Waals surface area contributed by atoms with E-state index in [0.29, 0.717) is 12.3 Å². The van der Waals surface area contributed by atoms with Gasteiger partial charge in [0.25, 0.3) is 11.7 Å². The first kappa shape index (κ1) is 16.5. The molecule has 1 aromatic carbocycles. The molecule has 0 N–H and O–H groups in total. The van der Waals surface area contributed by atoms with E-state index in [1.165, 1.54) is 0 Å². The van der Waals surface area contributed by atoms with Crippen LogP contribution in [0.2, 0.25) is 0 Å². The van der Waals surface area contributed by atoms with Crippen LogP contribution in [0.3, 0.4) is 0 Å². The summed E-state index contributed by atoms with van der Waals surface area (Å²) in [5.41, 5.74) is 2.87. The Hall–Kier alpha value is -2.96. The highest BCUT2D eigenvalue weighted by molar-refractivity contribution is 5.91. The molecule has 1 fully saturated rings. The summed E-state index contributed by atoms with van der Waals surface area (Å²) in [5.74, 6) is 1.33. The van der Waals surface area contributed by atoms with Crippen LogP contribution in [-0.4, -0.2) is 44.0 Å². The molecule has 3 heterocycles. The number of carbonyl (C=O) groups excluding carboxylic acids is 1. The van der Waals surface area contributed by atoms with Gasteiger partial charge < -0.3 is 9.64 Å². The maximum Gasteiger partial charge on any atom is 0.294 e. The van der Waals surface area contributed by atoms with Crippen molar-refractivity contribution in [3.05, 3.63) is 53.1 Å². The smallest absolute Gasteiger partial charge is 0.294 e. The highest BCUT2D eigenvalue weighted by atomic mass is 16.5. The standard InChI is InChI=1S/C19H21N5O2/c1-12-11-13(2)24-19(20-12)21-17(22-24)18(25)23-10-4-5-16(23)14-6-8-15(26-3)9-7-14/h6-9,11,16H,4-5,10H2,1-3H3. The molecule has 1 unspecified atom stereocenters. The van der Waals surface area contributed by atoms with E-state index >= 15 is 0 Å². The van der Waals surface area contributed by atoms with E-state index in [9.17, 15) is 4.79 Å². The Balaban J connectivity index is 1.65. The van der Waals surface area contributed by atoms with E-state index in [2.05, 4.69) is 15.1 Å². The zero-order valence-corrected chi connectivity index (χ0v) is 15.1. The summed E-state index contributed by atoms with van der Waals surface area (Å²) < 4.78 is 6.84. The van der Waals surface area contributed by atoms with Crippen LogP contribution in [0.15, 0.2) is 30.3 Å². The van der Waals surface area contributed by atoms with Crippen LogP contribution in [0.5, 0.6) is 5.75 Å². The summed E-state index contributed by atoms with van der Waals surface area (Å²) >= 11 is 0. The Labute approximate surface area is 151 Å². The molecule has 26 heavy (non-hydrogen) atoms. The summed E-state index contributed by atoms with van der Waals surface area (Å²) in [5, 5.41) is 4.39. The molecule has 1 aliphatic rings. The fraction of sp³-hybridized carbons (Fsp3) is 0.368. The molecule has 1 aliphatic heterocycles. The molecule has 1 saturated heterocycles. The van der Waals surface area contributed by atoms with Crippen LogP contribution < -0.4 is 4.74 Å². The van der Waals surface area contributed by atoms with E-state index in [-0.39, 0.29) is 17.8 Å². The summed E-state index contributed by atoms with van der Waals surface area (Å²) in [6.45, 7) is 4.54.